The molecule has 0 aliphatic carbocycles. The number of furan rings is 2. The van der Waals surface area contributed by atoms with Crippen molar-refractivity contribution in [2.45, 2.75) is 19.9 Å². The van der Waals surface area contributed by atoms with Gasteiger partial charge in [0.25, 0.3) is 0 Å². The lowest BCUT2D eigenvalue weighted by atomic mass is 10.1. The molecule has 3 heterocycles. The maximum absolute atomic E-state index is 6.18. The highest BCUT2D eigenvalue weighted by Crippen LogP contribution is 2.41. The number of fused-ring (bicyclic) bond motifs is 9. The van der Waals surface area contributed by atoms with Crippen molar-refractivity contribution in [2.24, 2.45) is 0 Å². The lowest BCUT2D eigenvalue weighted by molar-refractivity contribution is 0.642. The average Bonchev–Trinajstić information content (AvgIpc) is 3.39. The summed E-state index contributed by atoms with van der Waals surface area (Å²) in [6.07, 6.45) is 0. The Labute approximate surface area is 172 Å². The second-order valence-electron chi connectivity index (χ2n) is 8.39. The summed E-state index contributed by atoms with van der Waals surface area (Å²) in [5.74, 6) is 0. The Kier molecular flexibility index (Phi) is 2.93. The Morgan fingerprint density at radius 1 is 0.533 bits per heavy atom. The van der Waals surface area contributed by atoms with Crippen molar-refractivity contribution in [3.8, 4) is 0 Å². The van der Waals surface area contributed by atoms with E-state index in [9.17, 15) is 0 Å². The van der Waals surface area contributed by atoms with Gasteiger partial charge in [-0.3, -0.25) is 0 Å². The molecule has 0 aliphatic heterocycles. The van der Waals surface area contributed by atoms with Gasteiger partial charge < -0.3 is 13.4 Å². The van der Waals surface area contributed by atoms with Gasteiger partial charge in [-0.25, -0.2) is 0 Å². The van der Waals surface area contributed by atoms with Gasteiger partial charge in [0, 0.05) is 38.4 Å². The van der Waals surface area contributed by atoms with Gasteiger partial charge in [0.1, 0.15) is 22.3 Å². The highest BCUT2D eigenvalue weighted by atomic mass is 16.3. The van der Waals surface area contributed by atoms with Crippen molar-refractivity contribution in [3.05, 3.63) is 72.8 Å². The minimum absolute atomic E-state index is 0.330. The molecule has 0 bridgehead atoms. The predicted molar refractivity (Wildman–Crippen MR) is 124 cm³/mol. The first-order valence-corrected chi connectivity index (χ1v) is 10.4. The van der Waals surface area contributed by atoms with E-state index in [1.807, 2.05) is 24.3 Å². The van der Waals surface area contributed by atoms with Crippen LogP contribution in [0.25, 0.3) is 65.7 Å². The molecule has 30 heavy (non-hydrogen) atoms. The van der Waals surface area contributed by atoms with Gasteiger partial charge in [-0.2, -0.15) is 0 Å². The lowest BCUT2D eigenvalue weighted by Gasteiger charge is -2.11. The first kappa shape index (κ1) is 16.1. The van der Waals surface area contributed by atoms with Crippen LogP contribution in [0.1, 0.15) is 19.9 Å². The van der Waals surface area contributed by atoms with E-state index >= 15 is 0 Å². The third kappa shape index (κ3) is 1.94. The zero-order valence-corrected chi connectivity index (χ0v) is 16.8. The fraction of sp³-hybridized carbons (Fsp3) is 0.111. The molecule has 3 aromatic heterocycles. The number of hydrogen-bond acceptors (Lipinski definition) is 2. The summed E-state index contributed by atoms with van der Waals surface area (Å²) in [6.45, 7) is 4.49. The summed E-state index contributed by atoms with van der Waals surface area (Å²) in [5, 5.41) is 7.05. The topological polar surface area (TPSA) is 31.2 Å². The molecule has 144 valence electrons. The van der Waals surface area contributed by atoms with E-state index in [-0.39, 0.29) is 0 Å². The van der Waals surface area contributed by atoms with Crippen molar-refractivity contribution in [1.82, 2.24) is 4.57 Å². The first-order valence-electron chi connectivity index (χ1n) is 10.4. The predicted octanol–water partition coefficient (Wildman–Crippen LogP) is 8.17. The van der Waals surface area contributed by atoms with Crippen LogP contribution in [0.5, 0.6) is 0 Å². The fourth-order valence-corrected chi connectivity index (χ4v) is 5.04. The molecule has 0 radical (unpaired) electrons. The Balaban J connectivity index is 1.70. The maximum Gasteiger partial charge on any atom is 0.136 e. The second kappa shape index (κ2) is 5.45. The summed E-state index contributed by atoms with van der Waals surface area (Å²) < 4.78 is 14.8. The molecule has 0 spiro atoms. The average molecular weight is 389 g/mol. The van der Waals surface area contributed by atoms with E-state index in [0.29, 0.717) is 6.04 Å². The van der Waals surface area contributed by atoms with Crippen LogP contribution in [-0.2, 0) is 0 Å². The van der Waals surface area contributed by atoms with E-state index < -0.39 is 0 Å². The Hall–Kier alpha value is -3.72. The third-order valence-corrected chi connectivity index (χ3v) is 6.32. The highest BCUT2D eigenvalue weighted by Gasteiger charge is 2.19. The van der Waals surface area contributed by atoms with Gasteiger partial charge in [0.05, 0.1) is 11.0 Å². The molecule has 3 heteroatoms. The quantitative estimate of drug-likeness (QED) is 0.283. The van der Waals surface area contributed by atoms with Gasteiger partial charge in [0.2, 0.25) is 0 Å². The molecule has 4 aromatic carbocycles. The van der Waals surface area contributed by atoms with Crippen LogP contribution < -0.4 is 0 Å². The molecule has 0 saturated heterocycles. The molecule has 0 fully saturated rings. The monoisotopic (exact) mass is 389 g/mol. The van der Waals surface area contributed by atoms with E-state index in [1.54, 1.807) is 0 Å². The molecule has 0 saturated carbocycles. The van der Waals surface area contributed by atoms with Crippen molar-refractivity contribution < 1.29 is 8.83 Å². The zero-order valence-electron chi connectivity index (χ0n) is 16.8. The van der Waals surface area contributed by atoms with Crippen molar-refractivity contribution >= 4 is 65.7 Å². The van der Waals surface area contributed by atoms with E-state index in [4.69, 9.17) is 8.83 Å². The number of para-hydroxylation sites is 2. The van der Waals surface area contributed by atoms with Gasteiger partial charge in [0.15, 0.2) is 0 Å². The van der Waals surface area contributed by atoms with Gasteiger partial charge in [-0.05, 0) is 50.2 Å². The maximum atomic E-state index is 6.18. The molecule has 0 aliphatic rings. The Morgan fingerprint density at radius 2 is 1.00 bits per heavy atom. The summed E-state index contributed by atoms with van der Waals surface area (Å²) in [5.41, 5.74) is 6.18. The van der Waals surface area contributed by atoms with Gasteiger partial charge in [-0.1, -0.05) is 36.4 Å². The minimum atomic E-state index is 0.330. The van der Waals surface area contributed by atoms with Crippen LogP contribution >= 0.6 is 0 Å². The van der Waals surface area contributed by atoms with Crippen molar-refractivity contribution in [3.63, 3.8) is 0 Å². The van der Waals surface area contributed by atoms with E-state index in [1.165, 1.54) is 21.8 Å². The molecule has 7 rings (SSSR count). The summed E-state index contributed by atoms with van der Waals surface area (Å²) in [6, 6.07) is 25.8. The van der Waals surface area contributed by atoms with Crippen LogP contribution in [0.15, 0.2) is 81.6 Å². The molecule has 0 atom stereocenters. The van der Waals surface area contributed by atoms with Crippen LogP contribution in [0.3, 0.4) is 0 Å². The van der Waals surface area contributed by atoms with Crippen LogP contribution in [0, 0.1) is 0 Å². The third-order valence-electron chi connectivity index (χ3n) is 6.32. The number of rotatable bonds is 1. The number of aromatic nitrogens is 1. The number of hydrogen-bond donors (Lipinski definition) is 0. The summed E-state index contributed by atoms with van der Waals surface area (Å²) >= 11 is 0. The van der Waals surface area contributed by atoms with Crippen LogP contribution in [0.2, 0.25) is 0 Å². The van der Waals surface area contributed by atoms with Crippen molar-refractivity contribution in [2.75, 3.05) is 0 Å². The zero-order chi connectivity index (χ0) is 20.0. The molecule has 0 amide bonds. The van der Waals surface area contributed by atoms with Crippen molar-refractivity contribution in [1.29, 1.82) is 0 Å². The van der Waals surface area contributed by atoms with Crippen LogP contribution in [0.4, 0.5) is 0 Å². The Morgan fingerprint density at radius 3 is 1.47 bits per heavy atom. The largest absolute Gasteiger partial charge is 0.456 e. The van der Waals surface area contributed by atoms with E-state index in [0.717, 1.165) is 43.9 Å². The molecule has 3 nitrogen and oxygen atoms in total. The highest BCUT2D eigenvalue weighted by molar-refractivity contribution is 6.20. The molecule has 7 aromatic rings. The second-order valence-corrected chi connectivity index (χ2v) is 8.39. The smallest absolute Gasteiger partial charge is 0.136 e. The molecule has 0 N–H and O–H groups in total. The standard InChI is InChI=1S/C27H19NO2/c1-15(2)28-22-11-20-16-7-3-5-9-24(16)29-26(20)13-18(22)19-14-27-21(12-23(19)28)17-8-4-6-10-25(17)30-27/h3-15H,1-2H3. The van der Waals surface area contributed by atoms with E-state index in [2.05, 4.69) is 66.9 Å². The minimum Gasteiger partial charge on any atom is -0.456 e. The van der Waals surface area contributed by atoms with Gasteiger partial charge >= 0.3 is 0 Å². The number of benzene rings is 4. The van der Waals surface area contributed by atoms with Gasteiger partial charge in [-0.15, -0.1) is 0 Å². The number of nitrogens with zero attached hydrogens (tertiary/aromatic N) is 1. The molecule has 0 unspecified atom stereocenters. The normalized spacial score (nSPS) is 12.6. The summed E-state index contributed by atoms with van der Waals surface area (Å²) in [4.78, 5) is 0. The Bertz CT molecular complexity index is 1650. The fourth-order valence-electron chi connectivity index (χ4n) is 5.04. The summed E-state index contributed by atoms with van der Waals surface area (Å²) in [7, 11) is 0. The SMILES string of the molecule is CC(C)n1c2cc3c(cc2c2cc4oc5ccccc5c4cc21)oc1ccccc13. The lowest BCUT2D eigenvalue weighted by Crippen LogP contribution is -1.99. The molecular weight excluding hydrogens is 370 g/mol. The first-order chi connectivity index (χ1) is 14.7. The van der Waals surface area contributed by atoms with Crippen LogP contribution in [-0.4, -0.2) is 4.57 Å². The molecular formula is C27H19NO2.